The molecular formula is C29H37N3O4. The van der Waals surface area contributed by atoms with Gasteiger partial charge in [-0.3, -0.25) is 14.5 Å². The highest BCUT2D eigenvalue weighted by Gasteiger charge is 2.36. The van der Waals surface area contributed by atoms with E-state index in [1.807, 2.05) is 63.2 Å². The molecule has 0 aliphatic rings. The Labute approximate surface area is 214 Å². The minimum absolute atomic E-state index is 0.0670. The van der Waals surface area contributed by atoms with Crippen LogP contribution in [0.25, 0.3) is 0 Å². The molecule has 0 saturated heterocycles. The number of hydrogen-bond donors (Lipinski definition) is 2. The fourth-order valence-corrected chi connectivity index (χ4v) is 3.75. The molecule has 0 aliphatic heterocycles. The Hall–Kier alpha value is -3.79. The number of carbonyl (C=O) groups excluding carboxylic acids is 3. The number of alkyl carbamates (subject to hydrolysis) is 1. The lowest BCUT2D eigenvalue weighted by molar-refractivity contribution is -0.139. The first-order chi connectivity index (χ1) is 16.9. The second kappa shape index (κ2) is 12.8. The second-order valence-electron chi connectivity index (χ2n) is 10.1. The number of nitrogens with one attached hydrogen (secondary N) is 2. The summed E-state index contributed by atoms with van der Waals surface area (Å²) in [5, 5.41) is 5.56. The number of terminal acetylenes is 1. The van der Waals surface area contributed by atoms with Gasteiger partial charge in [0.1, 0.15) is 17.7 Å². The van der Waals surface area contributed by atoms with Gasteiger partial charge in [-0.1, -0.05) is 74.9 Å². The van der Waals surface area contributed by atoms with Crippen LogP contribution in [0, 0.1) is 25.3 Å². The zero-order valence-corrected chi connectivity index (χ0v) is 22.0. The number of amides is 3. The average molecular weight is 492 g/mol. The number of hydrogen-bond acceptors (Lipinski definition) is 4. The maximum Gasteiger partial charge on any atom is 0.408 e. The summed E-state index contributed by atoms with van der Waals surface area (Å²) >= 11 is 0. The first-order valence-electron chi connectivity index (χ1n) is 12.1. The lowest BCUT2D eigenvalue weighted by atomic mass is 9.97. The Morgan fingerprint density at radius 3 is 2.19 bits per heavy atom. The minimum Gasteiger partial charge on any atom is -0.444 e. The van der Waals surface area contributed by atoms with Gasteiger partial charge in [0.25, 0.3) is 5.91 Å². The third kappa shape index (κ3) is 8.46. The summed E-state index contributed by atoms with van der Waals surface area (Å²) < 4.78 is 5.36. The number of ether oxygens (including phenoxy) is 1. The SMILES string of the molecule is C#CN(C(=O)C(CC(C)C)NC(=O)OC(C)(C)C)C(C(=O)NCc1ccccc1)c1ccccc1C. The predicted molar refractivity (Wildman–Crippen MR) is 141 cm³/mol. The summed E-state index contributed by atoms with van der Waals surface area (Å²) in [7, 11) is 0. The van der Waals surface area contributed by atoms with Crippen LogP contribution in [0.1, 0.15) is 63.8 Å². The van der Waals surface area contributed by atoms with E-state index in [-0.39, 0.29) is 12.5 Å². The van der Waals surface area contributed by atoms with Crippen LogP contribution in [0.5, 0.6) is 0 Å². The molecule has 36 heavy (non-hydrogen) atoms. The molecule has 2 unspecified atom stereocenters. The van der Waals surface area contributed by atoms with Crippen LogP contribution in [-0.2, 0) is 20.9 Å². The van der Waals surface area contributed by atoms with Crippen molar-refractivity contribution in [2.24, 2.45) is 5.92 Å². The van der Waals surface area contributed by atoms with Gasteiger partial charge in [0.05, 0.1) is 0 Å². The second-order valence-corrected chi connectivity index (χ2v) is 10.1. The third-order valence-corrected chi connectivity index (χ3v) is 5.37. The standard InChI is InChI=1S/C29H37N3O4/c1-8-32(27(34)24(18-20(2)3)31-28(35)36-29(5,6)7)25(23-17-13-12-14-21(23)4)26(33)30-19-22-15-10-9-11-16-22/h1,9-17,20,24-25H,18-19H2,2-7H3,(H,30,33)(H,31,35). The molecule has 0 fully saturated rings. The molecule has 0 radical (unpaired) electrons. The number of rotatable bonds is 9. The van der Waals surface area contributed by atoms with Crippen molar-refractivity contribution in [1.82, 2.24) is 15.5 Å². The molecule has 7 nitrogen and oxygen atoms in total. The molecule has 0 bridgehead atoms. The first kappa shape index (κ1) is 28.4. The average Bonchev–Trinajstić information content (AvgIpc) is 2.80. The largest absolute Gasteiger partial charge is 0.444 e. The molecule has 2 N–H and O–H groups in total. The van der Waals surface area contributed by atoms with Crippen LogP contribution >= 0.6 is 0 Å². The highest BCUT2D eigenvalue weighted by molar-refractivity contribution is 5.93. The number of benzene rings is 2. The van der Waals surface area contributed by atoms with Gasteiger partial charge in [0.2, 0.25) is 5.91 Å². The van der Waals surface area contributed by atoms with E-state index in [9.17, 15) is 14.4 Å². The molecule has 192 valence electrons. The van der Waals surface area contributed by atoms with Gasteiger partial charge in [-0.15, -0.1) is 0 Å². The van der Waals surface area contributed by atoms with Crippen molar-refractivity contribution in [1.29, 1.82) is 0 Å². The molecule has 3 amide bonds. The zero-order chi connectivity index (χ0) is 26.9. The minimum atomic E-state index is -1.08. The van der Waals surface area contributed by atoms with E-state index in [4.69, 9.17) is 11.2 Å². The van der Waals surface area contributed by atoms with Gasteiger partial charge in [-0.25, -0.2) is 4.79 Å². The quantitative estimate of drug-likeness (QED) is 0.393. The Morgan fingerprint density at radius 2 is 1.64 bits per heavy atom. The normalized spacial score (nSPS) is 12.7. The Kier molecular flexibility index (Phi) is 10.1. The first-order valence-corrected chi connectivity index (χ1v) is 12.1. The van der Waals surface area contributed by atoms with E-state index in [2.05, 4.69) is 16.7 Å². The van der Waals surface area contributed by atoms with Gasteiger partial charge in [0, 0.05) is 12.6 Å². The van der Waals surface area contributed by atoms with E-state index < -0.39 is 35.6 Å². The summed E-state index contributed by atoms with van der Waals surface area (Å²) in [4.78, 5) is 40.9. The maximum atomic E-state index is 13.7. The zero-order valence-electron chi connectivity index (χ0n) is 22.0. The van der Waals surface area contributed by atoms with Gasteiger partial charge in [0.15, 0.2) is 0 Å². The van der Waals surface area contributed by atoms with Crippen LogP contribution in [-0.4, -0.2) is 34.5 Å². The summed E-state index contributed by atoms with van der Waals surface area (Å²) in [6.07, 6.45) is 5.44. The molecular weight excluding hydrogens is 454 g/mol. The summed E-state index contributed by atoms with van der Waals surface area (Å²) in [6.45, 7) is 11.2. The van der Waals surface area contributed by atoms with E-state index in [0.29, 0.717) is 12.0 Å². The smallest absolute Gasteiger partial charge is 0.408 e. The Balaban J connectivity index is 2.40. The number of aryl methyl sites for hydroxylation is 1. The van der Waals surface area contributed by atoms with Gasteiger partial charge < -0.3 is 15.4 Å². The van der Waals surface area contributed by atoms with Crippen molar-refractivity contribution in [2.45, 2.75) is 72.2 Å². The monoisotopic (exact) mass is 491 g/mol. The molecule has 0 saturated carbocycles. The van der Waals surface area contributed by atoms with Crippen LogP contribution < -0.4 is 10.6 Å². The summed E-state index contributed by atoms with van der Waals surface area (Å²) in [5.74, 6) is -0.905. The predicted octanol–water partition coefficient (Wildman–Crippen LogP) is 4.71. The molecule has 0 aromatic heterocycles. The van der Waals surface area contributed by atoms with Crippen molar-refractivity contribution >= 4 is 17.9 Å². The lowest BCUT2D eigenvalue weighted by Gasteiger charge is -2.31. The molecule has 2 aromatic carbocycles. The van der Waals surface area contributed by atoms with Gasteiger partial charge in [-0.2, -0.15) is 0 Å². The van der Waals surface area contributed by atoms with Crippen LogP contribution in [0.15, 0.2) is 54.6 Å². The molecule has 2 aromatic rings. The number of carbonyl (C=O) groups is 3. The van der Waals surface area contributed by atoms with Crippen LogP contribution in [0.4, 0.5) is 4.79 Å². The highest BCUT2D eigenvalue weighted by atomic mass is 16.6. The molecule has 2 rings (SSSR count). The topological polar surface area (TPSA) is 87.7 Å². The van der Waals surface area contributed by atoms with Gasteiger partial charge >= 0.3 is 6.09 Å². The molecule has 7 heteroatoms. The van der Waals surface area contributed by atoms with E-state index in [1.54, 1.807) is 32.9 Å². The van der Waals surface area contributed by atoms with Crippen molar-refractivity contribution in [3.8, 4) is 12.5 Å². The van der Waals surface area contributed by atoms with Crippen LogP contribution in [0.2, 0.25) is 0 Å². The van der Waals surface area contributed by atoms with Crippen molar-refractivity contribution in [3.63, 3.8) is 0 Å². The van der Waals surface area contributed by atoms with E-state index >= 15 is 0 Å². The fraction of sp³-hybridized carbons (Fsp3) is 0.414. The molecule has 2 atom stereocenters. The van der Waals surface area contributed by atoms with Crippen molar-refractivity contribution in [3.05, 3.63) is 71.3 Å². The van der Waals surface area contributed by atoms with Crippen LogP contribution in [0.3, 0.4) is 0 Å². The Bertz CT molecular complexity index is 1080. The molecule has 0 heterocycles. The highest BCUT2D eigenvalue weighted by Crippen LogP contribution is 2.26. The van der Waals surface area contributed by atoms with Crippen molar-refractivity contribution < 1.29 is 19.1 Å². The number of nitrogens with zero attached hydrogens (tertiary/aromatic N) is 1. The Morgan fingerprint density at radius 1 is 1.03 bits per heavy atom. The van der Waals surface area contributed by atoms with Crippen molar-refractivity contribution in [2.75, 3.05) is 0 Å². The third-order valence-electron chi connectivity index (χ3n) is 5.37. The lowest BCUT2D eigenvalue weighted by Crippen LogP contribution is -2.52. The molecule has 0 aliphatic carbocycles. The van der Waals surface area contributed by atoms with E-state index in [1.165, 1.54) is 0 Å². The maximum absolute atomic E-state index is 13.7. The van der Waals surface area contributed by atoms with E-state index in [0.717, 1.165) is 16.0 Å². The summed E-state index contributed by atoms with van der Waals surface area (Å²) in [6, 6.07) is 17.1. The fourth-order valence-electron chi connectivity index (χ4n) is 3.75. The summed E-state index contributed by atoms with van der Waals surface area (Å²) in [5.41, 5.74) is 1.60. The molecule has 0 spiro atoms. The van der Waals surface area contributed by atoms with Gasteiger partial charge in [-0.05, 0) is 56.7 Å².